The second kappa shape index (κ2) is 10.0. The Morgan fingerprint density at radius 2 is 1.67 bits per heavy atom. The maximum absolute atomic E-state index is 12.4. The third-order valence-corrected chi connectivity index (χ3v) is 6.34. The van der Waals surface area contributed by atoms with Gasteiger partial charge in [0.25, 0.3) is 0 Å². The van der Waals surface area contributed by atoms with Crippen molar-refractivity contribution in [2.24, 2.45) is 7.05 Å². The number of benzene rings is 2. The van der Waals surface area contributed by atoms with Gasteiger partial charge < -0.3 is 9.88 Å². The van der Waals surface area contributed by atoms with Crippen LogP contribution in [-0.4, -0.2) is 36.2 Å². The average Bonchev–Trinajstić information content (AvgIpc) is 3.40. The number of amides is 1. The van der Waals surface area contributed by atoms with E-state index in [1.807, 2.05) is 49.0 Å². The van der Waals surface area contributed by atoms with Gasteiger partial charge in [-0.05, 0) is 26.3 Å². The van der Waals surface area contributed by atoms with Gasteiger partial charge in [0.15, 0.2) is 11.0 Å². The number of nitrogens with zero attached hydrogens (tertiary/aromatic N) is 5. The zero-order chi connectivity index (χ0) is 23.4. The number of hydrogen-bond donors (Lipinski definition) is 1. The largest absolute Gasteiger partial charge is 0.351 e. The highest BCUT2D eigenvalue weighted by Crippen LogP contribution is 2.32. The van der Waals surface area contributed by atoms with Crippen LogP contribution in [0.3, 0.4) is 0 Å². The summed E-state index contributed by atoms with van der Waals surface area (Å²) < 4.78 is 3.83. The monoisotopic (exact) mass is 460 g/mol. The van der Waals surface area contributed by atoms with Crippen molar-refractivity contribution in [2.45, 2.75) is 39.0 Å². The zero-order valence-corrected chi connectivity index (χ0v) is 20.2. The molecule has 0 saturated carbocycles. The first-order valence-corrected chi connectivity index (χ1v) is 11.9. The van der Waals surface area contributed by atoms with Crippen LogP contribution in [0.5, 0.6) is 0 Å². The summed E-state index contributed by atoms with van der Waals surface area (Å²) >= 11 is 1.39. The Balaban J connectivity index is 1.48. The summed E-state index contributed by atoms with van der Waals surface area (Å²) in [6, 6.07) is 16.5. The van der Waals surface area contributed by atoms with Gasteiger partial charge in [0.2, 0.25) is 5.91 Å². The van der Waals surface area contributed by atoms with Crippen LogP contribution >= 0.6 is 11.8 Å². The van der Waals surface area contributed by atoms with Crippen molar-refractivity contribution < 1.29 is 4.79 Å². The first-order chi connectivity index (χ1) is 15.9. The molecule has 0 atom stereocenters. The van der Waals surface area contributed by atoms with Crippen molar-refractivity contribution in [3.8, 4) is 22.6 Å². The summed E-state index contributed by atoms with van der Waals surface area (Å²) in [6.45, 7) is 7.37. The molecule has 4 aromatic rings. The molecule has 2 aromatic heterocycles. The topological polar surface area (TPSA) is 77.6 Å². The number of carbonyl (C=O) groups is 1. The normalized spacial score (nSPS) is 11.0. The summed E-state index contributed by atoms with van der Waals surface area (Å²) in [5, 5.41) is 17.2. The number of thioether (sulfide) groups is 1. The van der Waals surface area contributed by atoms with Gasteiger partial charge in [0.05, 0.1) is 11.3 Å². The fourth-order valence-electron chi connectivity index (χ4n) is 3.54. The fourth-order valence-corrected chi connectivity index (χ4v) is 4.38. The Kier molecular flexibility index (Phi) is 6.93. The van der Waals surface area contributed by atoms with E-state index in [9.17, 15) is 4.79 Å². The van der Waals surface area contributed by atoms with Gasteiger partial charge in [-0.3, -0.25) is 9.48 Å². The first kappa shape index (κ1) is 22.8. The summed E-state index contributed by atoms with van der Waals surface area (Å²) in [4.78, 5) is 12.4. The molecule has 170 valence electrons. The highest BCUT2D eigenvalue weighted by molar-refractivity contribution is 7.99. The number of carbonyl (C=O) groups excluding carboxylic acids is 1. The molecule has 0 unspecified atom stereocenters. The smallest absolute Gasteiger partial charge is 0.230 e. The van der Waals surface area contributed by atoms with E-state index in [2.05, 4.69) is 58.7 Å². The van der Waals surface area contributed by atoms with Crippen molar-refractivity contribution in [1.82, 2.24) is 29.9 Å². The molecule has 8 heteroatoms. The zero-order valence-electron chi connectivity index (χ0n) is 19.4. The molecule has 7 nitrogen and oxygen atoms in total. The van der Waals surface area contributed by atoms with E-state index in [0.29, 0.717) is 13.1 Å². The molecule has 2 aromatic carbocycles. The van der Waals surface area contributed by atoms with E-state index in [4.69, 9.17) is 0 Å². The molecule has 0 aliphatic carbocycles. The predicted molar refractivity (Wildman–Crippen MR) is 132 cm³/mol. The molecule has 0 spiro atoms. The summed E-state index contributed by atoms with van der Waals surface area (Å²) in [5.41, 5.74) is 6.31. The Morgan fingerprint density at radius 3 is 2.33 bits per heavy atom. The lowest BCUT2D eigenvalue weighted by molar-refractivity contribution is -0.118. The number of nitrogens with one attached hydrogen (secondary N) is 1. The lowest BCUT2D eigenvalue weighted by Crippen LogP contribution is -2.24. The van der Waals surface area contributed by atoms with Crippen LogP contribution in [-0.2, 0) is 24.9 Å². The van der Waals surface area contributed by atoms with Crippen LogP contribution in [0.15, 0.2) is 59.9 Å². The first-order valence-electron chi connectivity index (χ1n) is 10.9. The van der Waals surface area contributed by atoms with Crippen LogP contribution in [0.25, 0.3) is 22.6 Å². The van der Waals surface area contributed by atoms with E-state index < -0.39 is 0 Å². The van der Waals surface area contributed by atoms with Crippen LogP contribution in [0.2, 0.25) is 0 Å². The lowest BCUT2D eigenvalue weighted by Gasteiger charge is -2.08. The molecule has 1 amide bonds. The Morgan fingerprint density at radius 1 is 1.00 bits per heavy atom. The van der Waals surface area contributed by atoms with Crippen molar-refractivity contribution in [3.63, 3.8) is 0 Å². The van der Waals surface area contributed by atoms with E-state index in [-0.39, 0.29) is 11.7 Å². The maximum Gasteiger partial charge on any atom is 0.230 e. The molecule has 2 heterocycles. The molecule has 0 radical (unpaired) electrons. The fraction of sp³-hybridized carbons (Fsp3) is 0.280. The number of aryl methyl sites for hydroxylation is 3. The minimum Gasteiger partial charge on any atom is -0.351 e. The predicted octanol–water partition coefficient (Wildman–Crippen LogP) is 4.39. The van der Waals surface area contributed by atoms with E-state index in [1.165, 1.54) is 22.9 Å². The number of hydrogen-bond acceptors (Lipinski definition) is 5. The minimum atomic E-state index is -0.0329. The van der Waals surface area contributed by atoms with Gasteiger partial charge >= 0.3 is 0 Å². The van der Waals surface area contributed by atoms with Gasteiger partial charge in [-0.25, -0.2) is 0 Å². The molecule has 33 heavy (non-hydrogen) atoms. The van der Waals surface area contributed by atoms with Gasteiger partial charge in [0, 0.05) is 31.9 Å². The standard InChI is InChI=1S/C25H28N6OS/c1-5-31-24(21-15-30(4)29-23(21)20-12-8-18(3)9-13-20)27-28-25(31)33-16-22(32)26-14-19-10-6-17(2)7-11-19/h6-13,15H,5,14,16H2,1-4H3,(H,26,32). The van der Waals surface area contributed by atoms with Gasteiger partial charge in [-0.1, -0.05) is 71.4 Å². The van der Waals surface area contributed by atoms with Crippen molar-refractivity contribution >= 4 is 17.7 Å². The summed E-state index contributed by atoms with van der Waals surface area (Å²) in [6.07, 6.45) is 1.97. The molecule has 0 aliphatic rings. The highest BCUT2D eigenvalue weighted by Gasteiger charge is 2.20. The molecular formula is C25H28N6OS. The van der Waals surface area contributed by atoms with Crippen LogP contribution in [0.1, 0.15) is 23.6 Å². The Hall–Kier alpha value is -3.39. The molecule has 0 saturated heterocycles. The third-order valence-electron chi connectivity index (χ3n) is 5.37. The molecule has 4 rings (SSSR count). The van der Waals surface area contributed by atoms with E-state index in [1.54, 1.807) is 4.68 Å². The van der Waals surface area contributed by atoms with Crippen LogP contribution in [0.4, 0.5) is 0 Å². The second-order valence-corrected chi connectivity index (χ2v) is 8.98. The molecule has 0 aliphatic heterocycles. The van der Waals surface area contributed by atoms with Crippen molar-refractivity contribution in [2.75, 3.05) is 5.75 Å². The minimum absolute atomic E-state index is 0.0329. The maximum atomic E-state index is 12.4. The van der Waals surface area contributed by atoms with Crippen molar-refractivity contribution in [3.05, 3.63) is 71.4 Å². The van der Waals surface area contributed by atoms with Crippen LogP contribution < -0.4 is 5.32 Å². The molecule has 0 bridgehead atoms. The molecular weight excluding hydrogens is 432 g/mol. The number of aromatic nitrogens is 5. The summed E-state index contributed by atoms with van der Waals surface area (Å²) in [5.74, 6) is 1.00. The third kappa shape index (κ3) is 5.34. The lowest BCUT2D eigenvalue weighted by atomic mass is 10.1. The number of rotatable bonds is 8. The molecule has 1 N–H and O–H groups in total. The highest BCUT2D eigenvalue weighted by atomic mass is 32.2. The van der Waals surface area contributed by atoms with Gasteiger partial charge in [0.1, 0.15) is 5.69 Å². The second-order valence-electron chi connectivity index (χ2n) is 8.03. The van der Waals surface area contributed by atoms with Gasteiger partial charge in [-0.2, -0.15) is 5.10 Å². The summed E-state index contributed by atoms with van der Waals surface area (Å²) in [7, 11) is 1.90. The van der Waals surface area contributed by atoms with Gasteiger partial charge in [-0.15, -0.1) is 10.2 Å². The van der Waals surface area contributed by atoms with E-state index >= 15 is 0 Å². The Labute approximate surface area is 198 Å². The Bertz CT molecular complexity index is 1240. The molecule has 0 fully saturated rings. The van der Waals surface area contributed by atoms with E-state index in [0.717, 1.165) is 33.4 Å². The quantitative estimate of drug-likeness (QED) is 0.395. The average molecular weight is 461 g/mol. The van der Waals surface area contributed by atoms with Crippen LogP contribution in [0, 0.1) is 13.8 Å². The SMILES string of the molecule is CCn1c(SCC(=O)NCc2ccc(C)cc2)nnc1-c1cn(C)nc1-c1ccc(C)cc1. The van der Waals surface area contributed by atoms with Crippen molar-refractivity contribution in [1.29, 1.82) is 0 Å².